The summed E-state index contributed by atoms with van der Waals surface area (Å²) >= 11 is 1.46. The molecular weight excluding hydrogens is 254 g/mol. The second-order valence-electron chi connectivity index (χ2n) is 3.85. The summed E-state index contributed by atoms with van der Waals surface area (Å²) < 4.78 is 27.8. The van der Waals surface area contributed by atoms with Crippen LogP contribution < -0.4 is 4.72 Å². The zero-order valence-corrected chi connectivity index (χ0v) is 11.3. The van der Waals surface area contributed by atoms with Crippen LogP contribution in [0.25, 0.3) is 10.1 Å². The molecule has 0 aliphatic rings. The fourth-order valence-electron chi connectivity index (χ4n) is 1.62. The van der Waals surface area contributed by atoms with Gasteiger partial charge in [0.15, 0.2) is 0 Å². The molecule has 0 atom stereocenters. The first-order valence-corrected chi connectivity index (χ1v) is 7.97. The van der Waals surface area contributed by atoms with Crippen LogP contribution in [0.3, 0.4) is 0 Å². The van der Waals surface area contributed by atoms with Crippen LogP contribution in [0.4, 0.5) is 0 Å². The molecule has 5 heteroatoms. The van der Waals surface area contributed by atoms with Crippen molar-refractivity contribution in [3.05, 3.63) is 29.6 Å². The molecule has 92 valence electrons. The second-order valence-corrected chi connectivity index (χ2v) is 6.49. The Bertz CT molecular complexity index is 602. The van der Waals surface area contributed by atoms with Crippen LogP contribution in [-0.4, -0.2) is 15.0 Å². The van der Waals surface area contributed by atoms with Gasteiger partial charge in [0.2, 0.25) is 10.0 Å². The number of unbranched alkanes of at least 4 members (excludes halogenated alkanes) is 1. The number of hydrogen-bond donors (Lipinski definition) is 1. The number of benzene rings is 1. The predicted molar refractivity (Wildman–Crippen MR) is 71.9 cm³/mol. The van der Waals surface area contributed by atoms with Crippen LogP contribution in [0.5, 0.6) is 0 Å². The summed E-state index contributed by atoms with van der Waals surface area (Å²) in [5, 5.41) is 2.51. The van der Waals surface area contributed by atoms with E-state index in [1.54, 1.807) is 5.38 Å². The van der Waals surface area contributed by atoms with Gasteiger partial charge in [-0.15, -0.1) is 11.3 Å². The molecule has 2 rings (SSSR count). The molecular formula is C12H15NO2S2. The molecule has 0 spiro atoms. The van der Waals surface area contributed by atoms with Crippen molar-refractivity contribution < 1.29 is 8.42 Å². The molecule has 3 nitrogen and oxygen atoms in total. The molecule has 1 heterocycles. The second kappa shape index (κ2) is 5.16. The van der Waals surface area contributed by atoms with E-state index in [0.717, 1.165) is 22.9 Å². The number of rotatable bonds is 5. The van der Waals surface area contributed by atoms with E-state index in [-0.39, 0.29) is 0 Å². The number of sulfonamides is 1. The molecule has 17 heavy (non-hydrogen) atoms. The van der Waals surface area contributed by atoms with Gasteiger partial charge >= 0.3 is 0 Å². The number of nitrogens with one attached hydrogen (secondary N) is 1. The minimum absolute atomic E-state index is 0.397. The Morgan fingerprint density at radius 1 is 1.29 bits per heavy atom. The van der Waals surface area contributed by atoms with E-state index >= 15 is 0 Å². The Morgan fingerprint density at radius 2 is 2.06 bits per heavy atom. The molecule has 1 aromatic heterocycles. The Kier molecular flexibility index (Phi) is 3.81. The van der Waals surface area contributed by atoms with Crippen LogP contribution in [-0.2, 0) is 10.0 Å². The maximum Gasteiger partial charge on any atom is 0.242 e. The highest BCUT2D eigenvalue weighted by molar-refractivity contribution is 7.90. The third-order valence-electron chi connectivity index (χ3n) is 2.56. The van der Waals surface area contributed by atoms with Gasteiger partial charge in [-0.3, -0.25) is 0 Å². The zero-order valence-electron chi connectivity index (χ0n) is 9.64. The predicted octanol–water partition coefficient (Wildman–Crippen LogP) is 2.98. The van der Waals surface area contributed by atoms with Crippen molar-refractivity contribution in [1.29, 1.82) is 0 Å². The zero-order chi connectivity index (χ0) is 12.3. The van der Waals surface area contributed by atoms with E-state index in [0.29, 0.717) is 11.4 Å². The van der Waals surface area contributed by atoms with Gasteiger partial charge in [0.1, 0.15) is 4.90 Å². The van der Waals surface area contributed by atoms with E-state index in [2.05, 4.69) is 4.72 Å². The monoisotopic (exact) mass is 269 g/mol. The summed E-state index contributed by atoms with van der Waals surface area (Å²) in [6.45, 7) is 2.54. The first kappa shape index (κ1) is 12.5. The highest BCUT2D eigenvalue weighted by atomic mass is 32.2. The third-order valence-corrected chi connectivity index (χ3v) is 5.17. The number of thiophene rings is 1. The minimum atomic E-state index is -3.36. The molecule has 0 radical (unpaired) electrons. The maximum atomic E-state index is 12.1. The average molecular weight is 269 g/mol. The van der Waals surface area contributed by atoms with E-state index in [1.807, 2.05) is 31.2 Å². The lowest BCUT2D eigenvalue weighted by Crippen LogP contribution is -2.24. The molecule has 1 N–H and O–H groups in total. The molecule has 0 aliphatic heterocycles. The molecule has 2 aromatic rings. The summed E-state index contributed by atoms with van der Waals surface area (Å²) in [5.74, 6) is 0. The van der Waals surface area contributed by atoms with E-state index in [1.165, 1.54) is 11.3 Å². The van der Waals surface area contributed by atoms with Crippen LogP contribution in [0, 0.1) is 0 Å². The Hall–Kier alpha value is -0.910. The smallest absolute Gasteiger partial charge is 0.211 e. The van der Waals surface area contributed by atoms with Gasteiger partial charge in [-0.25, -0.2) is 13.1 Å². The molecule has 1 aromatic carbocycles. The summed E-state index contributed by atoms with van der Waals surface area (Å²) in [5.41, 5.74) is 0. The minimum Gasteiger partial charge on any atom is -0.211 e. The lowest BCUT2D eigenvalue weighted by Gasteiger charge is -2.04. The molecule has 0 fully saturated rings. The van der Waals surface area contributed by atoms with E-state index in [4.69, 9.17) is 0 Å². The summed E-state index contributed by atoms with van der Waals surface area (Å²) in [7, 11) is -3.36. The van der Waals surface area contributed by atoms with Crippen LogP contribution in [0.2, 0.25) is 0 Å². The van der Waals surface area contributed by atoms with Crippen molar-refractivity contribution >= 4 is 31.4 Å². The summed E-state index contributed by atoms with van der Waals surface area (Å²) in [6.07, 6.45) is 1.84. The van der Waals surface area contributed by atoms with Crippen molar-refractivity contribution in [2.45, 2.75) is 24.7 Å². The van der Waals surface area contributed by atoms with Gasteiger partial charge in [-0.1, -0.05) is 31.5 Å². The van der Waals surface area contributed by atoms with Gasteiger partial charge in [-0.05, 0) is 12.5 Å². The van der Waals surface area contributed by atoms with Crippen LogP contribution >= 0.6 is 11.3 Å². The van der Waals surface area contributed by atoms with Gasteiger partial charge in [-0.2, -0.15) is 0 Å². The lowest BCUT2D eigenvalue weighted by atomic mass is 10.3. The molecule has 0 saturated carbocycles. The molecule has 0 bridgehead atoms. The quantitative estimate of drug-likeness (QED) is 0.848. The highest BCUT2D eigenvalue weighted by Crippen LogP contribution is 2.28. The Balaban J connectivity index is 2.33. The average Bonchev–Trinajstić information content (AvgIpc) is 2.73. The normalized spacial score (nSPS) is 12.1. The van der Waals surface area contributed by atoms with Crippen LogP contribution in [0.1, 0.15) is 19.8 Å². The topological polar surface area (TPSA) is 46.2 Å². The third kappa shape index (κ3) is 2.68. The van der Waals surface area contributed by atoms with Gasteiger partial charge in [0.25, 0.3) is 0 Å². The molecule has 0 unspecified atom stereocenters. The van der Waals surface area contributed by atoms with Crippen molar-refractivity contribution in [3.8, 4) is 0 Å². The van der Waals surface area contributed by atoms with E-state index in [9.17, 15) is 8.42 Å². The number of hydrogen-bond acceptors (Lipinski definition) is 3. The van der Waals surface area contributed by atoms with Crippen molar-refractivity contribution in [3.63, 3.8) is 0 Å². The molecule has 0 saturated heterocycles. The molecule has 0 aliphatic carbocycles. The fraction of sp³-hybridized carbons (Fsp3) is 0.333. The lowest BCUT2D eigenvalue weighted by molar-refractivity contribution is 0.579. The molecule has 0 amide bonds. The van der Waals surface area contributed by atoms with Gasteiger partial charge < -0.3 is 0 Å². The van der Waals surface area contributed by atoms with Crippen molar-refractivity contribution in [1.82, 2.24) is 4.72 Å². The Morgan fingerprint density at radius 3 is 2.82 bits per heavy atom. The van der Waals surface area contributed by atoms with E-state index < -0.39 is 10.0 Å². The standard InChI is InChI=1S/C12H15NO2S2/c1-2-3-8-13-17(14,15)12-9-16-11-7-5-4-6-10(11)12/h4-7,9,13H,2-3,8H2,1H3. The first-order chi connectivity index (χ1) is 8.15. The Labute approximate surface area is 106 Å². The maximum absolute atomic E-state index is 12.1. The summed E-state index contributed by atoms with van der Waals surface area (Å²) in [6, 6.07) is 7.56. The number of fused-ring (bicyclic) bond motifs is 1. The summed E-state index contributed by atoms with van der Waals surface area (Å²) in [4.78, 5) is 0.397. The van der Waals surface area contributed by atoms with Gasteiger partial charge in [0.05, 0.1) is 0 Å². The fourth-order valence-corrected chi connectivity index (χ4v) is 4.20. The highest BCUT2D eigenvalue weighted by Gasteiger charge is 2.17. The van der Waals surface area contributed by atoms with Crippen molar-refractivity contribution in [2.75, 3.05) is 6.54 Å². The SMILES string of the molecule is CCCCNS(=O)(=O)c1csc2ccccc12. The van der Waals surface area contributed by atoms with Gasteiger partial charge in [0, 0.05) is 22.0 Å². The van der Waals surface area contributed by atoms with Crippen LogP contribution in [0.15, 0.2) is 34.5 Å². The first-order valence-electron chi connectivity index (χ1n) is 5.61. The largest absolute Gasteiger partial charge is 0.242 e. The van der Waals surface area contributed by atoms with Crippen molar-refractivity contribution in [2.24, 2.45) is 0 Å².